The van der Waals surface area contributed by atoms with E-state index in [1.54, 1.807) is 13.0 Å². The van der Waals surface area contributed by atoms with Crippen LogP contribution in [0.4, 0.5) is 14.6 Å². The van der Waals surface area contributed by atoms with Crippen molar-refractivity contribution >= 4 is 45.2 Å². The number of nitrogens with zero attached hydrogens (tertiary/aromatic N) is 1. The first-order valence-electron chi connectivity index (χ1n) is 11.8. The van der Waals surface area contributed by atoms with E-state index in [1.807, 2.05) is 0 Å². The normalized spacial score (nSPS) is 15.1. The average molecular weight is 549 g/mol. The number of carbonyl (C=O) groups excluding carboxylic acids is 2. The summed E-state index contributed by atoms with van der Waals surface area (Å²) >= 11 is 3.32. The number of rotatable bonds is 11. The highest BCUT2D eigenvalue weighted by molar-refractivity contribution is 9.10. The van der Waals surface area contributed by atoms with E-state index in [0.29, 0.717) is 34.4 Å². The van der Waals surface area contributed by atoms with Crippen LogP contribution in [0.25, 0.3) is 11.6 Å². The van der Waals surface area contributed by atoms with Gasteiger partial charge in [0.05, 0.1) is 16.7 Å². The van der Waals surface area contributed by atoms with Crippen LogP contribution in [0.1, 0.15) is 78.8 Å². The summed E-state index contributed by atoms with van der Waals surface area (Å²) in [7, 11) is 0. The van der Waals surface area contributed by atoms with Crippen molar-refractivity contribution in [3.05, 3.63) is 57.5 Å². The zero-order chi connectivity index (χ0) is 25.8. The van der Waals surface area contributed by atoms with E-state index >= 15 is 8.78 Å². The molecule has 6 nitrogen and oxygen atoms in total. The van der Waals surface area contributed by atoms with E-state index in [0.717, 1.165) is 32.1 Å². The maximum atomic E-state index is 15.1. The quantitative estimate of drug-likeness (QED) is 0.218. The lowest BCUT2D eigenvalue weighted by Crippen LogP contribution is -2.28. The molecule has 2 amide bonds. The molecule has 1 unspecified atom stereocenters. The zero-order valence-electron chi connectivity index (χ0n) is 20.2. The third-order valence-corrected chi connectivity index (χ3v) is 6.76. The summed E-state index contributed by atoms with van der Waals surface area (Å²) in [5, 5.41) is 5.44. The van der Waals surface area contributed by atoms with Crippen LogP contribution in [0.2, 0.25) is 0 Å². The van der Waals surface area contributed by atoms with Crippen LogP contribution in [0.15, 0.2) is 29.4 Å². The number of hydrogen-bond donors (Lipinski definition) is 3. The molecule has 35 heavy (non-hydrogen) atoms. The van der Waals surface area contributed by atoms with Crippen LogP contribution in [0, 0.1) is 12.8 Å². The number of halogens is 3. The summed E-state index contributed by atoms with van der Waals surface area (Å²) in [5.74, 6) is -3.72. The van der Waals surface area contributed by atoms with Gasteiger partial charge in [0.2, 0.25) is 0 Å². The number of alkyl halides is 2. The lowest BCUT2D eigenvalue weighted by Gasteiger charge is -2.17. The van der Waals surface area contributed by atoms with E-state index in [9.17, 15) is 9.59 Å². The number of carbonyl (C=O) groups is 2. The summed E-state index contributed by atoms with van der Waals surface area (Å²) < 4.78 is 30.8. The zero-order valence-corrected chi connectivity index (χ0v) is 21.8. The van der Waals surface area contributed by atoms with Crippen molar-refractivity contribution in [3.63, 3.8) is 0 Å². The van der Waals surface area contributed by atoms with E-state index in [4.69, 9.17) is 0 Å². The molecule has 1 aliphatic rings. The molecule has 3 N–H and O–H groups in total. The Kier molecular flexibility index (Phi) is 8.64. The van der Waals surface area contributed by atoms with Gasteiger partial charge in [0.1, 0.15) is 5.82 Å². The Morgan fingerprint density at radius 2 is 2.09 bits per heavy atom. The topological polar surface area (TPSA) is 86.9 Å². The maximum absolute atomic E-state index is 15.1. The van der Waals surface area contributed by atoms with Gasteiger partial charge in [0.25, 0.3) is 17.7 Å². The minimum Gasteiger partial charge on any atom is -0.358 e. The lowest BCUT2D eigenvalue weighted by molar-refractivity contribution is -0.110. The summed E-state index contributed by atoms with van der Waals surface area (Å²) in [6.45, 7) is 9.49. The molecule has 1 atom stereocenters. The molecule has 9 heteroatoms. The highest BCUT2D eigenvalue weighted by Gasteiger charge is 2.38. The minimum absolute atomic E-state index is 0.0232. The molecule has 0 bridgehead atoms. The van der Waals surface area contributed by atoms with Gasteiger partial charge in [-0.15, -0.1) is 0 Å². The van der Waals surface area contributed by atoms with E-state index in [-0.39, 0.29) is 22.5 Å². The van der Waals surface area contributed by atoms with Gasteiger partial charge in [-0.3, -0.25) is 9.59 Å². The van der Waals surface area contributed by atoms with Crippen molar-refractivity contribution < 1.29 is 18.4 Å². The van der Waals surface area contributed by atoms with Crippen molar-refractivity contribution in [3.8, 4) is 0 Å². The first-order valence-corrected chi connectivity index (χ1v) is 12.6. The second-order valence-electron chi connectivity index (χ2n) is 8.76. The fourth-order valence-electron chi connectivity index (χ4n) is 4.34. The molecule has 0 aromatic carbocycles. The predicted octanol–water partition coefficient (Wildman–Crippen LogP) is 6.59. The molecule has 188 valence electrons. The van der Waals surface area contributed by atoms with Crippen molar-refractivity contribution in [1.82, 2.24) is 15.3 Å². The molecule has 2 aromatic rings. The molecule has 0 radical (unpaired) electrons. The molecular formula is C26H31BrF2N4O2. The highest BCUT2D eigenvalue weighted by atomic mass is 79.9. The van der Waals surface area contributed by atoms with Gasteiger partial charge in [-0.1, -0.05) is 46.1 Å². The summed E-state index contributed by atoms with van der Waals surface area (Å²) in [4.78, 5) is 32.7. The monoisotopic (exact) mass is 548 g/mol. The molecule has 1 aliphatic heterocycles. The number of aromatic amines is 1. The predicted molar refractivity (Wildman–Crippen MR) is 138 cm³/mol. The number of hydrogen-bond acceptors (Lipinski definition) is 3. The number of aryl methyl sites for hydroxylation is 1. The molecule has 3 heterocycles. The van der Waals surface area contributed by atoms with E-state index in [1.165, 1.54) is 12.3 Å². The Labute approximate surface area is 212 Å². The molecule has 0 saturated heterocycles. The van der Waals surface area contributed by atoms with Crippen LogP contribution in [-0.4, -0.2) is 28.3 Å². The standard InChI is InChI=1S/C26H31BrF2N4O2/c1-5-8-9-16(6-2)10-11-30-25(35)21-15(4)32-20(22(21)26(28,29)7-3)13-19-18-12-17(27)14-31-23(18)33-24(19)34/h7,12-14,16,32H,3,5-6,8-11H2,1-2,4H3,(H,30,35)(H,31,33,34)/b19-13-. The van der Waals surface area contributed by atoms with Crippen molar-refractivity contribution in [2.75, 3.05) is 11.9 Å². The Hall–Kier alpha value is -2.81. The molecule has 0 aliphatic carbocycles. The van der Waals surface area contributed by atoms with Crippen LogP contribution < -0.4 is 10.6 Å². The first-order chi connectivity index (χ1) is 16.6. The molecule has 3 rings (SSSR count). The smallest absolute Gasteiger partial charge is 0.294 e. The van der Waals surface area contributed by atoms with E-state index in [2.05, 4.69) is 57.0 Å². The average Bonchev–Trinajstić information content (AvgIpc) is 3.32. The van der Waals surface area contributed by atoms with Crippen molar-refractivity contribution in [2.45, 2.75) is 58.8 Å². The number of fused-ring (bicyclic) bond motifs is 1. The van der Waals surface area contributed by atoms with Gasteiger partial charge in [0.15, 0.2) is 0 Å². The second kappa shape index (κ2) is 11.3. The fraction of sp³-hybridized carbons (Fsp3) is 0.423. The van der Waals surface area contributed by atoms with Gasteiger partial charge < -0.3 is 15.6 Å². The maximum Gasteiger partial charge on any atom is 0.294 e. The number of anilines is 1. The SMILES string of the molecule is C=CC(F)(F)c1c(/C=C2\C(=O)Nc3ncc(Br)cc32)[nH]c(C)c1C(=O)NCCC(CC)CCCC. The summed E-state index contributed by atoms with van der Waals surface area (Å²) in [5.41, 5.74) is 0.282. The van der Waals surface area contributed by atoms with Gasteiger partial charge in [0, 0.05) is 34.2 Å². The first kappa shape index (κ1) is 26.8. The number of nitrogens with one attached hydrogen (secondary N) is 3. The number of H-pyrrole nitrogens is 1. The van der Waals surface area contributed by atoms with Crippen LogP contribution >= 0.6 is 15.9 Å². The highest BCUT2D eigenvalue weighted by Crippen LogP contribution is 2.39. The Morgan fingerprint density at radius 1 is 1.34 bits per heavy atom. The Bertz CT molecular complexity index is 1160. The molecule has 0 spiro atoms. The third-order valence-electron chi connectivity index (χ3n) is 6.32. The van der Waals surface area contributed by atoms with Crippen molar-refractivity contribution in [2.24, 2.45) is 5.92 Å². The fourth-order valence-corrected chi connectivity index (χ4v) is 4.67. The summed E-state index contributed by atoms with van der Waals surface area (Å²) in [6, 6.07) is 1.68. The van der Waals surface area contributed by atoms with Crippen LogP contribution in [-0.2, 0) is 10.7 Å². The Morgan fingerprint density at radius 3 is 2.74 bits per heavy atom. The van der Waals surface area contributed by atoms with Crippen molar-refractivity contribution in [1.29, 1.82) is 0 Å². The van der Waals surface area contributed by atoms with Gasteiger partial charge in [-0.2, -0.15) is 8.78 Å². The number of unbranched alkanes of at least 4 members (excludes halogenated alkanes) is 1. The number of pyridine rings is 1. The van der Waals surface area contributed by atoms with Crippen LogP contribution in [0.3, 0.4) is 0 Å². The minimum atomic E-state index is -3.50. The molecule has 2 aromatic heterocycles. The second-order valence-corrected chi connectivity index (χ2v) is 9.68. The summed E-state index contributed by atoms with van der Waals surface area (Å²) in [6.07, 6.45) is 8.49. The number of aromatic nitrogens is 2. The van der Waals surface area contributed by atoms with E-state index < -0.39 is 23.3 Å². The van der Waals surface area contributed by atoms with Gasteiger partial charge >= 0.3 is 0 Å². The molecular weight excluding hydrogens is 518 g/mol. The third kappa shape index (κ3) is 5.89. The Balaban J connectivity index is 1.96. The van der Waals surface area contributed by atoms with Gasteiger partial charge in [-0.25, -0.2) is 4.98 Å². The lowest BCUT2D eigenvalue weighted by atomic mass is 9.95. The van der Waals surface area contributed by atoms with Gasteiger partial charge in [-0.05, 0) is 53.4 Å². The number of amides is 2. The molecule has 0 saturated carbocycles. The molecule has 0 fully saturated rings. The largest absolute Gasteiger partial charge is 0.358 e. The number of allylic oxidation sites excluding steroid dienone is 1. The van der Waals surface area contributed by atoms with Crippen LogP contribution in [0.5, 0.6) is 0 Å².